The molecule has 1 saturated heterocycles. The van der Waals surface area contributed by atoms with Crippen molar-refractivity contribution in [3.63, 3.8) is 0 Å². The van der Waals surface area contributed by atoms with Crippen LogP contribution in [0.15, 0.2) is 6.20 Å². The molecule has 1 aliphatic heterocycles. The molecular weight excluding hydrogens is 158 g/mol. The summed E-state index contributed by atoms with van der Waals surface area (Å²) in [6, 6.07) is 0.310. The van der Waals surface area contributed by atoms with Crippen LogP contribution in [0.5, 0.6) is 0 Å². The van der Waals surface area contributed by atoms with Gasteiger partial charge in [0.25, 0.3) is 0 Å². The molecule has 0 amide bonds. The molecule has 5 heteroatoms. The van der Waals surface area contributed by atoms with Crippen molar-refractivity contribution in [1.29, 1.82) is 0 Å². The number of hydrogen-bond acceptors (Lipinski definition) is 4. The van der Waals surface area contributed by atoms with Gasteiger partial charge in [0, 0.05) is 0 Å². The molecule has 12 heavy (non-hydrogen) atoms. The molecule has 0 bridgehead atoms. The lowest BCUT2D eigenvalue weighted by atomic mass is 10.2. The van der Waals surface area contributed by atoms with Crippen LogP contribution >= 0.6 is 0 Å². The second-order valence-corrected chi connectivity index (χ2v) is 2.99. The summed E-state index contributed by atoms with van der Waals surface area (Å²) < 4.78 is 6.75. The minimum absolute atomic E-state index is 0.310. The number of aliphatic hydroxyl groups excluding tert-OH is 1. The minimum atomic E-state index is -0.542. The zero-order valence-corrected chi connectivity index (χ0v) is 6.84. The fourth-order valence-corrected chi connectivity index (χ4v) is 1.04. The average Bonchev–Trinajstić information content (AvgIpc) is 2.32. The molecule has 66 valence electrons. The van der Waals surface area contributed by atoms with E-state index in [4.69, 9.17) is 9.84 Å². The van der Waals surface area contributed by atoms with Crippen molar-refractivity contribution in [1.82, 2.24) is 15.0 Å². The van der Waals surface area contributed by atoms with Crippen LogP contribution < -0.4 is 0 Å². The van der Waals surface area contributed by atoms with Crippen molar-refractivity contribution in [3.8, 4) is 0 Å². The van der Waals surface area contributed by atoms with Crippen molar-refractivity contribution >= 4 is 0 Å². The van der Waals surface area contributed by atoms with Gasteiger partial charge in [0.1, 0.15) is 11.7 Å². The van der Waals surface area contributed by atoms with E-state index in [0.29, 0.717) is 24.9 Å². The summed E-state index contributed by atoms with van der Waals surface area (Å²) in [4.78, 5) is 0. The first kappa shape index (κ1) is 7.70. The molecule has 0 aromatic carbocycles. The topological polar surface area (TPSA) is 60.2 Å². The molecule has 1 aromatic rings. The van der Waals surface area contributed by atoms with Gasteiger partial charge in [0.15, 0.2) is 0 Å². The molecule has 1 aromatic heterocycles. The smallest absolute Gasteiger partial charge is 0.111 e. The third-order valence-electron chi connectivity index (χ3n) is 1.95. The second-order valence-electron chi connectivity index (χ2n) is 2.99. The number of aliphatic hydroxyl groups is 1. The molecule has 1 aliphatic rings. The van der Waals surface area contributed by atoms with E-state index in [2.05, 4.69) is 10.3 Å². The third kappa shape index (κ3) is 1.21. The van der Waals surface area contributed by atoms with E-state index >= 15 is 0 Å². The van der Waals surface area contributed by atoms with Crippen molar-refractivity contribution in [2.24, 2.45) is 0 Å². The minimum Gasteiger partial charge on any atom is -0.387 e. The largest absolute Gasteiger partial charge is 0.387 e. The molecule has 1 unspecified atom stereocenters. The van der Waals surface area contributed by atoms with Crippen LogP contribution in [0.1, 0.15) is 24.8 Å². The van der Waals surface area contributed by atoms with Crippen LogP contribution in [-0.2, 0) is 4.74 Å². The molecule has 1 atom stereocenters. The van der Waals surface area contributed by atoms with Crippen LogP contribution in [0.2, 0.25) is 0 Å². The summed E-state index contributed by atoms with van der Waals surface area (Å²) >= 11 is 0. The Balaban J connectivity index is 2.12. The normalized spacial score (nSPS) is 20.5. The Morgan fingerprint density at radius 2 is 2.50 bits per heavy atom. The zero-order chi connectivity index (χ0) is 8.55. The van der Waals surface area contributed by atoms with Gasteiger partial charge in [0.2, 0.25) is 0 Å². The molecular formula is C7H11N3O2. The van der Waals surface area contributed by atoms with E-state index in [1.54, 1.807) is 17.8 Å². The van der Waals surface area contributed by atoms with Gasteiger partial charge in [-0.2, -0.15) is 0 Å². The lowest BCUT2D eigenvalue weighted by Gasteiger charge is -2.25. The van der Waals surface area contributed by atoms with Gasteiger partial charge in [-0.3, -0.25) is 0 Å². The third-order valence-corrected chi connectivity index (χ3v) is 1.95. The van der Waals surface area contributed by atoms with Crippen molar-refractivity contribution in [3.05, 3.63) is 11.9 Å². The molecule has 0 radical (unpaired) electrons. The fraction of sp³-hybridized carbons (Fsp3) is 0.714. The van der Waals surface area contributed by atoms with E-state index in [-0.39, 0.29) is 0 Å². The average molecular weight is 169 g/mol. The number of ether oxygens (including phenoxy) is 1. The first-order valence-corrected chi connectivity index (χ1v) is 3.95. The molecule has 1 fully saturated rings. The Labute approximate surface area is 70.0 Å². The first-order valence-electron chi connectivity index (χ1n) is 3.95. The second kappa shape index (κ2) is 2.84. The maximum atomic E-state index is 9.16. The van der Waals surface area contributed by atoms with Gasteiger partial charge in [-0.25, -0.2) is 4.68 Å². The molecule has 0 aliphatic carbocycles. The number of nitrogens with zero attached hydrogens (tertiary/aromatic N) is 3. The Morgan fingerprint density at radius 1 is 1.75 bits per heavy atom. The van der Waals surface area contributed by atoms with Crippen LogP contribution in [-0.4, -0.2) is 33.3 Å². The molecule has 2 heterocycles. The Bertz CT molecular complexity index is 267. The summed E-state index contributed by atoms with van der Waals surface area (Å²) in [7, 11) is 0. The van der Waals surface area contributed by atoms with Crippen LogP contribution in [0.25, 0.3) is 0 Å². The molecule has 2 rings (SSSR count). The fourth-order valence-electron chi connectivity index (χ4n) is 1.04. The Morgan fingerprint density at radius 3 is 2.92 bits per heavy atom. The molecule has 0 spiro atoms. The summed E-state index contributed by atoms with van der Waals surface area (Å²) in [5.74, 6) is 0. The predicted octanol–water partition coefficient (Wildman–Crippen LogP) is -0.0973. The number of rotatable bonds is 2. The summed E-state index contributed by atoms with van der Waals surface area (Å²) in [5, 5.41) is 16.9. The van der Waals surface area contributed by atoms with E-state index in [0.717, 1.165) is 0 Å². The summed E-state index contributed by atoms with van der Waals surface area (Å²) in [6.07, 6.45) is 1.22. The summed E-state index contributed by atoms with van der Waals surface area (Å²) in [5.41, 5.74) is 0.613. The highest BCUT2D eigenvalue weighted by Gasteiger charge is 2.22. The SMILES string of the molecule is CC(O)c1cn(C2COC2)nn1. The van der Waals surface area contributed by atoms with Gasteiger partial charge in [-0.15, -0.1) is 5.10 Å². The highest BCUT2D eigenvalue weighted by Crippen LogP contribution is 2.17. The van der Waals surface area contributed by atoms with Crippen LogP contribution in [0.3, 0.4) is 0 Å². The maximum absolute atomic E-state index is 9.16. The number of aromatic nitrogens is 3. The lowest BCUT2D eigenvalue weighted by molar-refractivity contribution is -0.0294. The van der Waals surface area contributed by atoms with Crippen LogP contribution in [0.4, 0.5) is 0 Å². The van der Waals surface area contributed by atoms with Gasteiger partial charge < -0.3 is 9.84 Å². The van der Waals surface area contributed by atoms with E-state index < -0.39 is 6.10 Å². The molecule has 5 nitrogen and oxygen atoms in total. The quantitative estimate of drug-likeness (QED) is 0.671. The van der Waals surface area contributed by atoms with Crippen LogP contribution in [0, 0.1) is 0 Å². The van der Waals surface area contributed by atoms with E-state index in [1.807, 2.05) is 0 Å². The van der Waals surface area contributed by atoms with Crippen molar-refractivity contribution in [2.45, 2.75) is 19.1 Å². The standard InChI is InChI=1S/C7H11N3O2/c1-5(11)7-2-10(9-8-7)6-3-12-4-6/h2,5-6,11H,3-4H2,1H3. The highest BCUT2D eigenvalue weighted by molar-refractivity contribution is 4.97. The first-order chi connectivity index (χ1) is 5.77. The Kier molecular flexibility index (Phi) is 1.82. The highest BCUT2D eigenvalue weighted by atomic mass is 16.5. The molecule has 1 N–H and O–H groups in total. The van der Waals surface area contributed by atoms with E-state index in [9.17, 15) is 0 Å². The van der Waals surface area contributed by atoms with Crippen molar-refractivity contribution < 1.29 is 9.84 Å². The lowest BCUT2D eigenvalue weighted by Crippen LogP contribution is -2.30. The zero-order valence-electron chi connectivity index (χ0n) is 6.84. The predicted molar refractivity (Wildman–Crippen MR) is 40.5 cm³/mol. The van der Waals surface area contributed by atoms with Gasteiger partial charge in [-0.05, 0) is 6.92 Å². The Hall–Kier alpha value is -0.940. The van der Waals surface area contributed by atoms with Gasteiger partial charge in [0.05, 0.1) is 25.5 Å². The van der Waals surface area contributed by atoms with Gasteiger partial charge in [-0.1, -0.05) is 5.21 Å². The summed E-state index contributed by atoms with van der Waals surface area (Å²) in [6.45, 7) is 3.07. The molecule has 0 saturated carbocycles. The van der Waals surface area contributed by atoms with E-state index in [1.165, 1.54) is 0 Å². The number of hydrogen-bond donors (Lipinski definition) is 1. The monoisotopic (exact) mass is 169 g/mol. The van der Waals surface area contributed by atoms with Gasteiger partial charge >= 0.3 is 0 Å². The maximum Gasteiger partial charge on any atom is 0.111 e. The van der Waals surface area contributed by atoms with Crippen molar-refractivity contribution in [2.75, 3.05) is 13.2 Å².